The number of hydrogen-bond donors (Lipinski definition) is 2. The molecule has 1 amide bonds. The van der Waals surface area contributed by atoms with Crippen LogP contribution in [0.5, 0.6) is 0 Å². The normalized spacial score (nSPS) is 17.2. The number of piperidine rings is 1. The molecule has 2 aromatic rings. The van der Waals surface area contributed by atoms with Crippen molar-refractivity contribution in [3.63, 3.8) is 0 Å². The molecule has 1 aliphatic heterocycles. The first-order chi connectivity index (χ1) is 12.1. The molecule has 1 unspecified atom stereocenters. The van der Waals surface area contributed by atoms with E-state index in [1.54, 1.807) is 12.1 Å². The standard InChI is InChI=1S/C20H23ClN2O2/c21-17-8-6-15(7-9-17)19(24)14-23-12-10-18(11-13-23)22-20(25)16-4-2-1-3-5-16/h1-9,18-19,24H,10-14H2,(H,22,25). The summed E-state index contributed by atoms with van der Waals surface area (Å²) in [5.41, 5.74) is 1.58. The maximum Gasteiger partial charge on any atom is 0.251 e. The molecule has 5 heteroatoms. The van der Waals surface area contributed by atoms with Crippen LogP contribution in [0.2, 0.25) is 5.02 Å². The van der Waals surface area contributed by atoms with Crippen molar-refractivity contribution >= 4 is 17.5 Å². The number of halogens is 1. The summed E-state index contributed by atoms with van der Waals surface area (Å²) in [6, 6.07) is 16.8. The molecule has 0 saturated carbocycles. The number of aliphatic hydroxyl groups excluding tert-OH is 1. The molecule has 25 heavy (non-hydrogen) atoms. The van der Waals surface area contributed by atoms with Gasteiger partial charge in [-0.3, -0.25) is 4.79 Å². The Bertz CT molecular complexity index is 683. The monoisotopic (exact) mass is 358 g/mol. The smallest absolute Gasteiger partial charge is 0.251 e. The van der Waals surface area contributed by atoms with Crippen LogP contribution in [-0.2, 0) is 0 Å². The molecule has 1 aliphatic rings. The van der Waals surface area contributed by atoms with Crippen LogP contribution in [0.25, 0.3) is 0 Å². The second-order valence-corrected chi connectivity index (χ2v) is 6.92. The lowest BCUT2D eigenvalue weighted by Gasteiger charge is -2.33. The summed E-state index contributed by atoms with van der Waals surface area (Å²) in [5.74, 6) is -0.0137. The van der Waals surface area contributed by atoms with E-state index in [1.807, 2.05) is 42.5 Å². The number of nitrogens with zero attached hydrogens (tertiary/aromatic N) is 1. The number of β-amino-alcohol motifs (C(OH)–C–C–N with tert-alkyl or cyclic N) is 1. The fourth-order valence-electron chi connectivity index (χ4n) is 3.15. The van der Waals surface area contributed by atoms with Gasteiger partial charge in [0.1, 0.15) is 0 Å². The number of likely N-dealkylation sites (tertiary alicyclic amines) is 1. The number of hydrogen-bond acceptors (Lipinski definition) is 3. The molecule has 1 atom stereocenters. The van der Waals surface area contributed by atoms with E-state index in [0.717, 1.165) is 31.5 Å². The maximum atomic E-state index is 12.2. The predicted molar refractivity (Wildman–Crippen MR) is 99.8 cm³/mol. The molecule has 0 radical (unpaired) electrons. The van der Waals surface area contributed by atoms with Crippen molar-refractivity contribution < 1.29 is 9.90 Å². The van der Waals surface area contributed by atoms with E-state index in [-0.39, 0.29) is 11.9 Å². The van der Waals surface area contributed by atoms with Gasteiger partial charge >= 0.3 is 0 Å². The Kier molecular flexibility index (Phi) is 6.08. The Hall–Kier alpha value is -1.88. The van der Waals surface area contributed by atoms with Crippen molar-refractivity contribution in [1.82, 2.24) is 10.2 Å². The molecule has 4 nitrogen and oxygen atoms in total. The molecule has 1 heterocycles. The van der Waals surface area contributed by atoms with Gasteiger partial charge in [0.15, 0.2) is 0 Å². The molecule has 2 N–H and O–H groups in total. The number of carbonyl (C=O) groups is 1. The van der Waals surface area contributed by atoms with Gasteiger partial charge in [0, 0.05) is 36.3 Å². The molecule has 2 aromatic carbocycles. The lowest BCUT2D eigenvalue weighted by atomic mass is 10.0. The number of rotatable bonds is 5. The highest BCUT2D eigenvalue weighted by Crippen LogP contribution is 2.19. The Labute approximate surface area is 153 Å². The second-order valence-electron chi connectivity index (χ2n) is 6.48. The number of nitrogens with one attached hydrogen (secondary N) is 1. The van der Waals surface area contributed by atoms with Crippen molar-refractivity contribution in [3.05, 3.63) is 70.7 Å². The minimum atomic E-state index is -0.521. The number of amides is 1. The summed E-state index contributed by atoms with van der Waals surface area (Å²) in [4.78, 5) is 14.4. The van der Waals surface area contributed by atoms with E-state index in [2.05, 4.69) is 10.2 Å². The van der Waals surface area contributed by atoms with Gasteiger partial charge in [-0.25, -0.2) is 0 Å². The van der Waals surface area contributed by atoms with E-state index in [1.165, 1.54) is 0 Å². The zero-order chi connectivity index (χ0) is 17.6. The Morgan fingerprint density at radius 3 is 2.40 bits per heavy atom. The highest BCUT2D eigenvalue weighted by Gasteiger charge is 2.23. The highest BCUT2D eigenvalue weighted by molar-refractivity contribution is 6.30. The zero-order valence-electron chi connectivity index (χ0n) is 14.1. The van der Waals surface area contributed by atoms with Crippen molar-refractivity contribution in [2.45, 2.75) is 25.0 Å². The summed E-state index contributed by atoms with van der Waals surface area (Å²) in [5, 5.41) is 14.1. The van der Waals surface area contributed by atoms with Gasteiger partial charge in [0.2, 0.25) is 0 Å². The van der Waals surface area contributed by atoms with E-state index in [0.29, 0.717) is 17.1 Å². The van der Waals surface area contributed by atoms with Gasteiger partial charge in [-0.2, -0.15) is 0 Å². The van der Waals surface area contributed by atoms with Crippen molar-refractivity contribution in [2.75, 3.05) is 19.6 Å². The fraction of sp³-hybridized carbons (Fsp3) is 0.350. The quantitative estimate of drug-likeness (QED) is 0.862. The summed E-state index contributed by atoms with van der Waals surface area (Å²) in [6.45, 7) is 2.33. The fourth-order valence-corrected chi connectivity index (χ4v) is 3.28. The molecule has 0 spiro atoms. The zero-order valence-corrected chi connectivity index (χ0v) is 14.8. The first-order valence-electron chi connectivity index (χ1n) is 8.63. The molecule has 1 saturated heterocycles. The topological polar surface area (TPSA) is 52.6 Å². The number of aliphatic hydroxyl groups is 1. The van der Waals surface area contributed by atoms with Crippen molar-refractivity contribution in [2.24, 2.45) is 0 Å². The van der Waals surface area contributed by atoms with Crippen LogP contribution in [0.4, 0.5) is 0 Å². The predicted octanol–water partition coefficient (Wildman–Crippen LogP) is 3.27. The lowest BCUT2D eigenvalue weighted by Crippen LogP contribution is -2.45. The SMILES string of the molecule is O=C(NC1CCN(CC(O)c2ccc(Cl)cc2)CC1)c1ccccc1. The minimum absolute atomic E-state index is 0.0137. The second kappa shape index (κ2) is 8.48. The summed E-state index contributed by atoms with van der Waals surface area (Å²) < 4.78 is 0. The summed E-state index contributed by atoms with van der Waals surface area (Å²) in [6.07, 6.45) is 1.27. The highest BCUT2D eigenvalue weighted by atomic mass is 35.5. The molecule has 0 aromatic heterocycles. The first-order valence-corrected chi connectivity index (χ1v) is 9.01. The summed E-state index contributed by atoms with van der Waals surface area (Å²) in [7, 11) is 0. The van der Waals surface area contributed by atoms with Crippen LogP contribution >= 0.6 is 11.6 Å². The van der Waals surface area contributed by atoms with Crippen LogP contribution in [-0.4, -0.2) is 41.6 Å². The third kappa shape index (κ3) is 5.05. The van der Waals surface area contributed by atoms with Gasteiger partial charge in [-0.15, -0.1) is 0 Å². The Morgan fingerprint density at radius 1 is 1.12 bits per heavy atom. The van der Waals surface area contributed by atoms with Crippen LogP contribution in [0, 0.1) is 0 Å². The number of carbonyl (C=O) groups excluding carboxylic acids is 1. The Morgan fingerprint density at radius 2 is 1.76 bits per heavy atom. The summed E-state index contributed by atoms with van der Waals surface area (Å²) >= 11 is 5.88. The van der Waals surface area contributed by atoms with Crippen LogP contribution < -0.4 is 5.32 Å². The first kappa shape index (κ1) is 17.9. The molecule has 0 aliphatic carbocycles. The average molecular weight is 359 g/mol. The van der Waals surface area contributed by atoms with E-state index >= 15 is 0 Å². The Balaban J connectivity index is 1.45. The van der Waals surface area contributed by atoms with Gasteiger partial charge in [-0.05, 0) is 42.7 Å². The number of benzene rings is 2. The largest absolute Gasteiger partial charge is 0.387 e. The van der Waals surface area contributed by atoms with Crippen molar-refractivity contribution in [3.8, 4) is 0 Å². The van der Waals surface area contributed by atoms with Crippen LogP contribution in [0.3, 0.4) is 0 Å². The van der Waals surface area contributed by atoms with E-state index in [9.17, 15) is 9.90 Å². The average Bonchev–Trinajstić information content (AvgIpc) is 2.64. The van der Waals surface area contributed by atoms with Crippen LogP contribution in [0.1, 0.15) is 34.9 Å². The van der Waals surface area contributed by atoms with Gasteiger partial charge in [0.25, 0.3) is 5.91 Å². The van der Waals surface area contributed by atoms with Gasteiger partial charge < -0.3 is 15.3 Å². The molecular formula is C20H23ClN2O2. The minimum Gasteiger partial charge on any atom is -0.387 e. The van der Waals surface area contributed by atoms with E-state index in [4.69, 9.17) is 11.6 Å². The molecule has 132 valence electrons. The van der Waals surface area contributed by atoms with E-state index < -0.39 is 6.10 Å². The third-order valence-corrected chi connectivity index (χ3v) is 4.90. The van der Waals surface area contributed by atoms with Gasteiger partial charge in [0.05, 0.1) is 6.10 Å². The third-order valence-electron chi connectivity index (χ3n) is 4.64. The lowest BCUT2D eigenvalue weighted by molar-refractivity contribution is 0.0828. The molecule has 3 rings (SSSR count). The maximum absolute atomic E-state index is 12.2. The van der Waals surface area contributed by atoms with Gasteiger partial charge in [-0.1, -0.05) is 41.9 Å². The van der Waals surface area contributed by atoms with Crippen molar-refractivity contribution in [1.29, 1.82) is 0 Å². The molecular weight excluding hydrogens is 336 g/mol. The molecule has 1 fully saturated rings. The van der Waals surface area contributed by atoms with Crippen LogP contribution in [0.15, 0.2) is 54.6 Å². The molecule has 0 bridgehead atoms.